The molecule has 0 aliphatic carbocycles. The molecular weight excluding hydrogens is 292 g/mol. The summed E-state index contributed by atoms with van der Waals surface area (Å²) in [6, 6.07) is 9.52. The van der Waals surface area contributed by atoms with Gasteiger partial charge in [-0.2, -0.15) is 5.10 Å². The van der Waals surface area contributed by atoms with Crippen molar-refractivity contribution in [1.29, 1.82) is 0 Å². The van der Waals surface area contributed by atoms with E-state index in [0.29, 0.717) is 11.6 Å². The number of rotatable bonds is 4. The third-order valence-corrected chi connectivity index (χ3v) is 4.18. The fourth-order valence-corrected chi connectivity index (χ4v) is 2.96. The molecule has 2 aromatic heterocycles. The molecule has 0 aliphatic heterocycles. The Bertz CT molecular complexity index is 706. The van der Waals surface area contributed by atoms with E-state index in [-0.39, 0.29) is 0 Å². The molecule has 0 amide bonds. The first-order valence-electron chi connectivity index (χ1n) is 6.10. The van der Waals surface area contributed by atoms with Crippen molar-refractivity contribution in [2.24, 2.45) is 0 Å². The maximum atomic E-state index is 6.29. The van der Waals surface area contributed by atoms with Crippen molar-refractivity contribution in [1.82, 2.24) is 9.78 Å². The van der Waals surface area contributed by atoms with Gasteiger partial charge in [-0.25, -0.2) is 4.68 Å². The van der Waals surface area contributed by atoms with E-state index < -0.39 is 0 Å². The molecule has 0 unspecified atom stereocenters. The number of thiophene rings is 1. The van der Waals surface area contributed by atoms with Crippen LogP contribution in [-0.2, 0) is 6.54 Å². The van der Waals surface area contributed by atoms with Gasteiger partial charge in [0, 0.05) is 23.0 Å². The van der Waals surface area contributed by atoms with E-state index >= 15 is 0 Å². The van der Waals surface area contributed by atoms with E-state index in [1.807, 2.05) is 41.9 Å². The van der Waals surface area contributed by atoms with E-state index in [9.17, 15) is 0 Å². The van der Waals surface area contributed by atoms with E-state index in [1.54, 1.807) is 22.2 Å². The zero-order valence-electron chi connectivity index (χ0n) is 10.6. The average Bonchev–Trinajstić information content (AvgIpc) is 3.08. The highest BCUT2D eigenvalue weighted by molar-refractivity contribution is 7.10. The van der Waals surface area contributed by atoms with E-state index in [1.165, 1.54) is 0 Å². The molecule has 3 N–H and O–H groups in total. The summed E-state index contributed by atoms with van der Waals surface area (Å²) in [6.07, 6.45) is 3.59. The Morgan fingerprint density at radius 3 is 2.90 bits per heavy atom. The number of nitrogen functional groups attached to an aromatic ring is 1. The van der Waals surface area contributed by atoms with Gasteiger partial charge >= 0.3 is 0 Å². The van der Waals surface area contributed by atoms with Crippen molar-refractivity contribution in [2.75, 3.05) is 11.1 Å². The molecule has 0 fully saturated rings. The van der Waals surface area contributed by atoms with Gasteiger partial charge in [-0.1, -0.05) is 17.7 Å². The third kappa shape index (κ3) is 2.50. The zero-order valence-corrected chi connectivity index (χ0v) is 12.2. The van der Waals surface area contributed by atoms with Crippen LogP contribution in [0.5, 0.6) is 0 Å². The summed E-state index contributed by atoms with van der Waals surface area (Å²) in [5, 5.41) is 10.2. The largest absolute Gasteiger partial charge is 0.398 e. The predicted molar refractivity (Wildman–Crippen MR) is 84.6 cm³/mol. The molecule has 0 atom stereocenters. The molecule has 0 saturated heterocycles. The molecule has 0 saturated carbocycles. The molecule has 4 nitrogen and oxygen atoms in total. The number of nitrogens with two attached hydrogens (primary N) is 1. The summed E-state index contributed by atoms with van der Waals surface area (Å²) in [7, 11) is 0. The van der Waals surface area contributed by atoms with Gasteiger partial charge in [-0.05, 0) is 29.6 Å². The summed E-state index contributed by atoms with van der Waals surface area (Å²) < 4.78 is 1.75. The van der Waals surface area contributed by atoms with Crippen LogP contribution >= 0.6 is 22.9 Å². The summed E-state index contributed by atoms with van der Waals surface area (Å²) in [5.74, 6) is 0. The summed E-state index contributed by atoms with van der Waals surface area (Å²) in [6.45, 7) is 0.665. The number of hydrogen-bond donors (Lipinski definition) is 2. The van der Waals surface area contributed by atoms with Gasteiger partial charge in [-0.3, -0.25) is 0 Å². The molecule has 0 spiro atoms. The second-order valence-corrected chi connectivity index (χ2v) is 5.65. The van der Waals surface area contributed by atoms with Gasteiger partial charge in [0.25, 0.3) is 0 Å². The monoisotopic (exact) mass is 304 g/mol. The fourth-order valence-electron chi connectivity index (χ4n) is 1.96. The molecule has 102 valence electrons. The topological polar surface area (TPSA) is 55.9 Å². The van der Waals surface area contributed by atoms with Gasteiger partial charge in [0.15, 0.2) is 0 Å². The molecule has 20 heavy (non-hydrogen) atoms. The standard InChI is InChI=1S/C14H13ClN4S/c15-10-3-1-4-12(14(10)19-7-2-6-18-19)17-9-13-11(16)5-8-20-13/h1-8,17H,9,16H2. The quantitative estimate of drug-likeness (QED) is 0.771. The Balaban J connectivity index is 1.90. The van der Waals surface area contributed by atoms with Gasteiger partial charge in [0.1, 0.15) is 5.69 Å². The average molecular weight is 305 g/mol. The van der Waals surface area contributed by atoms with Crippen LogP contribution in [0.4, 0.5) is 11.4 Å². The van der Waals surface area contributed by atoms with Crippen LogP contribution in [0.2, 0.25) is 5.02 Å². The van der Waals surface area contributed by atoms with Crippen LogP contribution in [-0.4, -0.2) is 9.78 Å². The molecule has 3 aromatic rings. The van der Waals surface area contributed by atoms with Crippen LogP contribution < -0.4 is 11.1 Å². The lowest BCUT2D eigenvalue weighted by Gasteiger charge is -2.13. The first kappa shape index (κ1) is 13.0. The van der Waals surface area contributed by atoms with E-state index in [4.69, 9.17) is 17.3 Å². The highest BCUT2D eigenvalue weighted by atomic mass is 35.5. The highest BCUT2D eigenvalue weighted by Gasteiger charge is 2.10. The summed E-state index contributed by atoms with van der Waals surface area (Å²) in [5.41, 5.74) is 8.47. The van der Waals surface area contributed by atoms with Crippen LogP contribution in [0.25, 0.3) is 5.69 Å². The Morgan fingerprint density at radius 2 is 2.20 bits per heavy atom. The summed E-state index contributed by atoms with van der Waals surface area (Å²) >= 11 is 7.92. The van der Waals surface area contributed by atoms with Gasteiger partial charge in [0.2, 0.25) is 0 Å². The Labute approximate surface area is 125 Å². The van der Waals surface area contributed by atoms with Crippen LogP contribution in [0.1, 0.15) is 4.88 Å². The van der Waals surface area contributed by atoms with Crippen molar-refractivity contribution in [2.45, 2.75) is 6.54 Å². The van der Waals surface area contributed by atoms with Crippen molar-refractivity contribution < 1.29 is 0 Å². The second-order valence-electron chi connectivity index (χ2n) is 4.24. The normalized spacial score (nSPS) is 10.7. The number of halogens is 1. The van der Waals surface area contributed by atoms with Gasteiger partial charge < -0.3 is 11.1 Å². The van der Waals surface area contributed by atoms with Crippen molar-refractivity contribution in [3.05, 3.63) is 58.0 Å². The third-order valence-electron chi connectivity index (χ3n) is 2.94. The lowest BCUT2D eigenvalue weighted by molar-refractivity contribution is 0.880. The van der Waals surface area contributed by atoms with E-state index in [2.05, 4.69) is 10.4 Å². The Kier molecular flexibility index (Phi) is 3.62. The molecule has 0 bridgehead atoms. The van der Waals surface area contributed by atoms with Crippen molar-refractivity contribution >= 4 is 34.3 Å². The number of nitrogens with one attached hydrogen (secondary N) is 1. The minimum absolute atomic E-state index is 0.651. The maximum Gasteiger partial charge on any atom is 0.106 e. The number of anilines is 2. The SMILES string of the molecule is Nc1ccsc1CNc1cccc(Cl)c1-n1cccn1. The molecule has 0 radical (unpaired) electrons. The van der Waals surface area contributed by atoms with Crippen molar-refractivity contribution in [3.8, 4) is 5.69 Å². The first-order chi connectivity index (χ1) is 9.75. The number of para-hydroxylation sites is 1. The minimum Gasteiger partial charge on any atom is -0.398 e. The van der Waals surface area contributed by atoms with Crippen LogP contribution in [0.3, 0.4) is 0 Å². The first-order valence-corrected chi connectivity index (χ1v) is 7.35. The lowest BCUT2D eigenvalue weighted by Crippen LogP contribution is -2.05. The van der Waals surface area contributed by atoms with Crippen molar-refractivity contribution in [3.63, 3.8) is 0 Å². The second kappa shape index (κ2) is 5.56. The molecule has 2 heterocycles. The molecule has 1 aromatic carbocycles. The van der Waals surface area contributed by atoms with Crippen LogP contribution in [0, 0.1) is 0 Å². The number of benzene rings is 1. The predicted octanol–water partition coefficient (Wildman–Crippen LogP) is 3.78. The molecular formula is C14H13ClN4S. The Morgan fingerprint density at radius 1 is 1.30 bits per heavy atom. The fraction of sp³-hybridized carbons (Fsp3) is 0.0714. The van der Waals surface area contributed by atoms with E-state index in [0.717, 1.165) is 21.9 Å². The zero-order chi connectivity index (χ0) is 13.9. The minimum atomic E-state index is 0.651. The van der Waals surface area contributed by atoms with Gasteiger partial charge in [-0.15, -0.1) is 11.3 Å². The molecule has 6 heteroatoms. The maximum absolute atomic E-state index is 6.29. The number of nitrogens with zero attached hydrogens (tertiary/aromatic N) is 2. The number of aromatic nitrogens is 2. The molecule has 0 aliphatic rings. The molecule has 3 rings (SSSR count). The van der Waals surface area contributed by atoms with Crippen LogP contribution in [0.15, 0.2) is 48.1 Å². The van der Waals surface area contributed by atoms with Gasteiger partial charge in [0.05, 0.1) is 17.3 Å². The lowest BCUT2D eigenvalue weighted by atomic mass is 10.2. The smallest absolute Gasteiger partial charge is 0.106 e. The number of hydrogen-bond acceptors (Lipinski definition) is 4. The Hall–Kier alpha value is -1.98. The highest BCUT2D eigenvalue weighted by Crippen LogP contribution is 2.29. The summed E-state index contributed by atoms with van der Waals surface area (Å²) in [4.78, 5) is 1.11.